The average Bonchev–Trinajstić information content (AvgIpc) is 3.33. The van der Waals surface area contributed by atoms with E-state index in [9.17, 15) is 4.79 Å². The van der Waals surface area contributed by atoms with Gasteiger partial charge in [0.2, 0.25) is 0 Å². The van der Waals surface area contributed by atoms with Crippen LogP contribution < -0.4 is 0 Å². The number of hydrogen-bond acceptors (Lipinski definition) is 6. The number of nitrogens with zero attached hydrogens (tertiary/aromatic N) is 2. The molecular formula is C18H28N2O3S. The number of aromatic nitrogens is 1. The number of carbonyl (C=O) groups excluding carboxylic acids is 1. The first-order chi connectivity index (χ1) is 11.7. The fourth-order valence-corrected chi connectivity index (χ4v) is 4.63. The minimum atomic E-state index is -0.155. The van der Waals surface area contributed by atoms with Gasteiger partial charge in [0.25, 0.3) is 0 Å². The number of methoxy groups -OCH3 is 1. The van der Waals surface area contributed by atoms with E-state index in [0.717, 1.165) is 38.2 Å². The highest BCUT2D eigenvalue weighted by Crippen LogP contribution is 2.35. The Morgan fingerprint density at radius 2 is 2.21 bits per heavy atom. The van der Waals surface area contributed by atoms with E-state index < -0.39 is 0 Å². The smallest absolute Gasteiger partial charge is 0.306 e. The molecule has 0 bridgehead atoms. The topological polar surface area (TPSA) is 51.7 Å². The van der Waals surface area contributed by atoms with Crippen molar-refractivity contribution < 1.29 is 14.3 Å². The Morgan fingerprint density at radius 1 is 1.38 bits per heavy atom. The van der Waals surface area contributed by atoms with E-state index in [1.807, 2.05) is 0 Å². The summed E-state index contributed by atoms with van der Waals surface area (Å²) in [6.45, 7) is 3.22. The zero-order chi connectivity index (χ0) is 16.8. The molecule has 1 saturated heterocycles. The summed E-state index contributed by atoms with van der Waals surface area (Å²) in [6, 6.07) is 0. The average molecular weight is 353 g/mol. The van der Waals surface area contributed by atoms with Gasteiger partial charge in [-0.2, -0.15) is 0 Å². The van der Waals surface area contributed by atoms with Crippen LogP contribution in [0.3, 0.4) is 0 Å². The van der Waals surface area contributed by atoms with Gasteiger partial charge in [-0.15, -0.1) is 11.3 Å². The molecule has 1 saturated carbocycles. The molecule has 6 heteroatoms. The van der Waals surface area contributed by atoms with Gasteiger partial charge >= 0.3 is 5.97 Å². The maximum atomic E-state index is 11.5. The van der Waals surface area contributed by atoms with Crippen LogP contribution in [0.2, 0.25) is 0 Å². The van der Waals surface area contributed by atoms with Gasteiger partial charge in [0.1, 0.15) is 0 Å². The fraction of sp³-hybridized carbons (Fsp3) is 0.778. The molecule has 24 heavy (non-hydrogen) atoms. The molecule has 1 aliphatic carbocycles. The SMILES string of the molecule is COC(=O)CCN(Cc1csc(C2CCCC2)n1)CC1CCCO1. The Bertz CT molecular complexity index is 522. The van der Waals surface area contributed by atoms with Crippen molar-refractivity contribution in [2.24, 2.45) is 0 Å². The lowest BCUT2D eigenvalue weighted by Crippen LogP contribution is -2.33. The largest absolute Gasteiger partial charge is 0.469 e. The van der Waals surface area contributed by atoms with Crippen LogP contribution in [0.4, 0.5) is 0 Å². The third-order valence-corrected chi connectivity index (χ3v) is 6.06. The minimum Gasteiger partial charge on any atom is -0.469 e. The fourth-order valence-electron chi connectivity index (χ4n) is 3.65. The second kappa shape index (κ2) is 8.92. The zero-order valence-electron chi connectivity index (χ0n) is 14.5. The van der Waals surface area contributed by atoms with Crippen molar-refractivity contribution in [3.8, 4) is 0 Å². The van der Waals surface area contributed by atoms with Gasteiger partial charge in [-0.25, -0.2) is 4.98 Å². The van der Waals surface area contributed by atoms with Gasteiger partial charge in [0.05, 0.1) is 30.3 Å². The maximum absolute atomic E-state index is 11.5. The van der Waals surface area contributed by atoms with E-state index >= 15 is 0 Å². The molecular weight excluding hydrogens is 324 g/mol. The van der Waals surface area contributed by atoms with Crippen LogP contribution in [0.1, 0.15) is 61.6 Å². The highest BCUT2D eigenvalue weighted by atomic mass is 32.1. The Hall–Kier alpha value is -0.980. The summed E-state index contributed by atoms with van der Waals surface area (Å²) in [4.78, 5) is 18.7. The molecule has 5 nitrogen and oxygen atoms in total. The summed E-state index contributed by atoms with van der Waals surface area (Å²) in [5.41, 5.74) is 1.13. The number of ether oxygens (including phenoxy) is 2. The summed E-state index contributed by atoms with van der Waals surface area (Å²) < 4.78 is 10.5. The van der Waals surface area contributed by atoms with Crippen LogP contribution in [0.15, 0.2) is 5.38 Å². The van der Waals surface area contributed by atoms with E-state index in [1.54, 1.807) is 11.3 Å². The predicted molar refractivity (Wildman–Crippen MR) is 94.2 cm³/mol. The van der Waals surface area contributed by atoms with Crippen molar-refractivity contribution in [1.82, 2.24) is 9.88 Å². The first-order valence-corrected chi connectivity index (χ1v) is 9.97. The molecule has 3 rings (SSSR count). The number of rotatable bonds is 8. The zero-order valence-corrected chi connectivity index (χ0v) is 15.4. The molecule has 0 spiro atoms. The van der Waals surface area contributed by atoms with E-state index in [1.165, 1.54) is 37.8 Å². The molecule has 2 heterocycles. The van der Waals surface area contributed by atoms with Crippen LogP contribution in [0.5, 0.6) is 0 Å². The van der Waals surface area contributed by atoms with Crippen molar-refractivity contribution in [2.75, 3.05) is 26.8 Å². The summed E-state index contributed by atoms with van der Waals surface area (Å²) >= 11 is 1.80. The van der Waals surface area contributed by atoms with Gasteiger partial charge in [0, 0.05) is 37.5 Å². The number of hydrogen-bond donors (Lipinski definition) is 0. The van der Waals surface area contributed by atoms with E-state index in [2.05, 4.69) is 10.3 Å². The van der Waals surface area contributed by atoms with Gasteiger partial charge in [0.15, 0.2) is 0 Å². The molecule has 1 aromatic rings. The van der Waals surface area contributed by atoms with Gasteiger partial charge < -0.3 is 9.47 Å². The summed E-state index contributed by atoms with van der Waals surface area (Å²) in [6.07, 6.45) is 8.20. The quantitative estimate of drug-likeness (QED) is 0.672. The second-order valence-electron chi connectivity index (χ2n) is 6.85. The Kier molecular flexibility index (Phi) is 6.63. The lowest BCUT2D eigenvalue weighted by Gasteiger charge is -2.24. The molecule has 2 fully saturated rings. The van der Waals surface area contributed by atoms with Gasteiger partial charge in [-0.05, 0) is 25.7 Å². The third kappa shape index (κ3) is 5.01. The molecule has 1 aliphatic heterocycles. The molecule has 0 aromatic carbocycles. The van der Waals surface area contributed by atoms with Crippen LogP contribution in [-0.2, 0) is 20.8 Å². The molecule has 1 atom stereocenters. The van der Waals surface area contributed by atoms with Crippen molar-refractivity contribution in [3.05, 3.63) is 16.1 Å². The molecule has 0 radical (unpaired) electrons. The van der Waals surface area contributed by atoms with E-state index in [-0.39, 0.29) is 12.1 Å². The number of carbonyl (C=O) groups is 1. The number of thiazole rings is 1. The second-order valence-corrected chi connectivity index (χ2v) is 7.74. The van der Waals surface area contributed by atoms with Gasteiger partial charge in [-0.1, -0.05) is 12.8 Å². The third-order valence-electron chi connectivity index (χ3n) is 5.01. The Morgan fingerprint density at radius 3 is 2.92 bits per heavy atom. The summed E-state index contributed by atoms with van der Waals surface area (Å²) in [5.74, 6) is 0.516. The number of esters is 1. The van der Waals surface area contributed by atoms with E-state index in [4.69, 9.17) is 14.5 Å². The Labute approximate surface area is 148 Å². The standard InChI is InChI=1S/C18H28N2O3S/c1-22-17(21)8-9-20(12-16-7-4-10-23-16)11-15-13-24-18(19-15)14-5-2-3-6-14/h13-14,16H,2-12H2,1H3. The Balaban J connectivity index is 1.57. The van der Waals surface area contributed by atoms with Gasteiger partial charge in [-0.3, -0.25) is 9.69 Å². The van der Waals surface area contributed by atoms with E-state index in [0.29, 0.717) is 18.9 Å². The lowest BCUT2D eigenvalue weighted by molar-refractivity contribution is -0.141. The van der Waals surface area contributed by atoms with Crippen molar-refractivity contribution >= 4 is 17.3 Å². The minimum absolute atomic E-state index is 0.155. The molecule has 0 amide bonds. The highest BCUT2D eigenvalue weighted by molar-refractivity contribution is 7.09. The summed E-state index contributed by atoms with van der Waals surface area (Å²) in [5, 5.41) is 3.49. The first-order valence-electron chi connectivity index (χ1n) is 9.09. The molecule has 0 N–H and O–H groups in total. The summed E-state index contributed by atoms with van der Waals surface area (Å²) in [7, 11) is 1.45. The predicted octanol–water partition coefficient (Wildman–Crippen LogP) is 3.34. The van der Waals surface area contributed by atoms with Crippen LogP contribution in [0, 0.1) is 0 Å². The normalized spacial score (nSPS) is 21.7. The van der Waals surface area contributed by atoms with Crippen molar-refractivity contribution in [3.63, 3.8) is 0 Å². The molecule has 2 aliphatic rings. The van der Waals surface area contributed by atoms with Crippen molar-refractivity contribution in [2.45, 2.75) is 63.5 Å². The molecule has 134 valence electrons. The lowest BCUT2D eigenvalue weighted by atomic mass is 10.1. The highest BCUT2D eigenvalue weighted by Gasteiger charge is 2.23. The van der Waals surface area contributed by atoms with Crippen LogP contribution in [-0.4, -0.2) is 48.8 Å². The van der Waals surface area contributed by atoms with Crippen molar-refractivity contribution in [1.29, 1.82) is 0 Å². The monoisotopic (exact) mass is 352 g/mol. The molecule has 1 aromatic heterocycles. The van der Waals surface area contributed by atoms with Crippen LogP contribution in [0.25, 0.3) is 0 Å². The van der Waals surface area contributed by atoms with Crippen LogP contribution >= 0.6 is 11.3 Å². The molecule has 1 unspecified atom stereocenters. The maximum Gasteiger partial charge on any atom is 0.306 e. The first kappa shape index (κ1) is 17.8.